The second-order valence-electron chi connectivity index (χ2n) is 4.13. The summed E-state index contributed by atoms with van der Waals surface area (Å²) in [4.78, 5) is 37.5. The van der Waals surface area contributed by atoms with Crippen LogP contribution < -0.4 is 11.1 Å². The first-order chi connectivity index (χ1) is 9.88. The van der Waals surface area contributed by atoms with Gasteiger partial charge in [-0.05, 0) is 18.2 Å². The van der Waals surface area contributed by atoms with E-state index < -0.39 is 11.9 Å². The number of Topliss-reactive ketones (excluding diaryl/α,β-unsaturated/α-hetero) is 1. The Bertz CT molecular complexity index is 707. The van der Waals surface area contributed by atoms with Gasteiger partial charge in [0.1, 0.15) is 4.88 Å². The molecule has 0 aliphatic carbocycles. The lowest BCUT2D eigenvalue weighted by atomic mass is 10.2. The molecule has 21 heavy (non-hydrogen) atoms. The number of ketones is 1. The van der Waals surface area contributed by atoms with Crippen LogP contribution in [-0.4, -0.2) is 27.8 Å². The summed E-state index contributed by atoms with van der Waals surface area (Å²) >= 11 is 0.936. The van der Waals surface area contributed by atoms with E-state index in [4.69, 9.17) is 10.8 Å². The van der Waals surface area contributed by atoms with Gasteiger partial charge < -0.3 is 16.2 Å². The number of aromatic carboxylic acids is 1. The van der Waals surface area contributed by atoms with Gasteiger partial charge in [0.25, 0.3) is 0 Å². The van der Waals surface area contributed by atoms with E-state index in [9.17, 15) is 14.4 Å². The van der Waals surface area contributed by atoms with E-state index in [1.54, 1.807) is 18.2 Å². The van der Waals surface area contributed by atoms with E-state index in [1.807, 2.05) is 0 Å². The Kier molecular flexibility index (Phi) is 3.99. The van der Waals surface area contributed by atoms with E-state index in [1.165, 1.54) is 13.0 Å². The van der Waals surface area contributed by atoms with Crippen LogP contribution in [-0.2, 0) is 0 Å². The smallest absolute Gasteiger partial charge is 0.356 e. The molecule has 0 aliphatic heterocycles. The van der Waals surface area contributed by atoms with Crippen molar-refractivity contribution in [3.05, 3.63) is 40.4 Å². The SMILES string of the molecule is CC(=O)c1sc(Nc2cccc(C(N)=O)c2)nc1C(=O)O. The first-order valence-corrected chi connectivity index (χ1v) is 6.62. The number of nitrogens with two attached hydrogens (primary N) is 1. The van der Waals surface area contributed by atoms with Crippen molar-refractivity contribution in [1.29, 1.82) is 0 Å². The molecule has 0 unspecified atom stereocenters. The highest BCUT2D eigenvalue weighted by atomic mass is 32.1. The van der Waals surface area contributed by atoms with Gasteiger partial charge in [-0.1, -0.05) is 17.4 Å². The van der Waals surface area contributed by atoms with Crippen LogP contribution >= 0.6 is 11.3 Å². The van der Waals surface area contributed by atoms with Crippen molar-refractivity contribution in [1.82, 2.24) is 4.98 Å². The largest absolute Gasteiger partial charge is 0.476 e. The first-order valence-electron chi connectivity index (χ1n) is 5.80. The zero-order valence-corrected chi connectivity index (χ0v) is 11.7. The minimum absolute atomic E-state index is 0.0658. The van der Waals surface area contributed by atoms with Gasteiger partial charge in [-0.15, -0.1) is 0 Å². The van der Waals surface area contributed by atoms with Crippen LogP contribution in [0.2, 0.25) is 0 Å². The summed E-state index contributed by atoms with van der Waals surface area (Å²) in [6, 6.07) is 6.36. The van der Waals surface area contributed by atoms with Crippen LogP contribution in [0.15, 0.2) is 24.3 Å². The van der Waals surface area contributed by atoms with Gasteiger partial charge in [0.05, 0.1) is 0 Å². The molecule has 1 aromatic carbocycles. The molecule has 108 valence electrons. The highest BCUT2D eigenvalue weighted by molar-refractivity contribution is 7.17. The molecule has 0 fully saturated rings. The average Bonchev–Trinajstić information content (AvgIpc) is 2.83. The van der Waals surface area contributed by atoms with Crippen LogP contribution in [0.3, 0.4) is 0 Å². The van der Waals surface area contributed by atoms with Gasteiger partial charge in [0.15, 0.2) is 16.6 Å². The van der Waals surface area contributed by atoms with Crippen molar-refractivity contribution < 1.29 is 19.5 Å². The highest BCUT2D eigenvalue weighted by Crippen LogP contribution is 2.27. The number of nitrogens with zero attached hydrogens (tertiary/aromatic N) is 1. The Morgan fingerprint density at radius 1 is 1.33 bits per heavy atom. The lowest BCUT2D eigenvalue weighted by Crippen LogP contribution is -2.10. The molecule has 0 saturated heterocycles. The van der Waals surface area contributed by atoms with E-state index in [0.29, 0.717) is 11.3 Å². The maximum absolute atomic E-state index is 11.4. The minimum atomic E-state index is -1.27. The maximum atomic E-state index is 11.4. The lowest BCUT2D eigenvalue weighted by Gasteiger charge is -2.03. The van der Waals surface area contributed by atoms with E-state index in [-0.39, 0.29) is 21.5 Å². The average molecular weight is 305 g/mol. The Morgan fingerprint density at radius 3 is 2.57 bits per heavy atom. The molecule has 8 heteroatoms. The molecule has 7 nitrogen and oxygen atoms in total. The van der Waals surface area contributed by atoms with Crippen molar-refractivity contribution in [2.75, 3.05) is 5.32 Å². The predicted octanol–water partition coefficient (Wildman–Crippen LogP) is 1.89. The Morgan fingerprint density at radius 2 is 2.05 bits per heavy atom. The van der Waals surface area contributed by atoms with Crippen LogP contribution in [0.25, 0.3) is 0 Å². The number of hydrogen-bond donors (Lipinski definition) is 3. The van der Waals surface area contributed by atoms with E-state index >= 15 is 0 Å². The van der Waals surface area contributed by atoms with Crippen LogP contribution in [0.5, 0.6) is 0 Å². The molecule has 0 aliphatic rings. The van der Waals surface area contributed by atoms with Crippen molar-refractivity contribution in [3.63, 3.8) is 0 Å². The Hall–Kier alpha value is -2.74. The van der Waals surface area contributed by atoms with Gasteiger partial charge in [0.2, 0.25) is 5.91 Å². The quantitative estimate of drug-likeness (QED) is 0.725. The van der Waals surface area contributed by atoms with Crippen molar-refractivity contribution >= 4 is 39.8 Å². The molecular weight excluding hydrogens is 294 g/mol. The summed E-state index contributed by atoms with van der Waals surface area (Å²) in [5, 5.41) is 12.1. The number of amides is 1. The molecule has 4 N–H and O–H groups in total. The number of hydrogen-bond acceptors (Lipinski definition) is 6. The molecule has 0 radical (unpaired) electrons. The van der Waals surface area contributed by atoms with Crippen LogP contribution in [0.1, 0.15) is 37.4 Å². The second-order valence-corrected chi connectivity index (χ2v) is 5.13. The van der Waals surface area contributed by atoms with Crippen molar-refractivity contribution in [2.45, 2.75) is 6.92 Å². The number of aromatic nitrogens is 1. The number of carbonyl (C=O) groups excluding carboxylic acids is 2. The Balaban J connectivity index is 2.34. The third kappa shape index (κ3) is 3.23. The molecule has 0 atom stereocenters. The molecule has 1 heterocycles. The standard InChI is InChI=1S/C13H11N3O4S/c1-6(17)10-9(12(19)20)16-13(21-10)15-8-4-2-3-7(5-8)11(14)18/h2-5H,1H3,(H2,14,18)(H,15,16)(H,19,20). The number of carboxylic acids is 1. The second kappa shape index (κ2) is 5.71. The van der Waals surface area contributed by atoms with Crippen molar-refractivity contribution in [2.24, 2.45) is 5.73 Å². The molecule has 0 saturated carbocycles. The van der Waals surface area contributed by atoms with E-state index in [2.05, 4.69) is 10.3 Å². The summed E-state index contributed by atoms with van der Waals surface area (Å²) in [5.74, 6) is -2.22. The van der Waals surface area contributed by atoms with Crippen molar-refractivity contribution in [3.8, 4) is 0 Å². The number of rotatable bonds is 5. The molecule has 0 spiro atoms. The number of nitrogens with one attached hydrogen (secondary N) is 1. The minimum Gasteiger partial charge on any atom is -0.476 e. The lowest BCUT2D eigenvalue weighted by molar-refractivity contribution is 0.0687. The number of benzene rings is 1. The van der Waals surface area contributed by atoms with Gasteiger partial charge >= 0.3 is 5.97 Å². The fourth-order valence-electron chi connectivity index (χ4n) is 1.63. The number of carbonyl (C=O) groups is 3. The summed E-state index contributed by atoms with van der Waals surface area (Å²) in [7, 11) is 0. The van der Waals surface area contributed by atoms with Gasteiger partial charge in [0, 0.05) is 18.2 Å². The van der Waals surface area contributed by atoms with Crippen LogP contribution in [0.4, 0.5) is 10.8 Å². The molecule has 2 aromatic rings. The third-order valence-electron chi connectivity index (χ3n) is 2.55. The number of primary amides is 1. The number of thiazole rings is 1. The van der Waals surface area contributed by atoms with E-state index in [0.717, 1.165) is 11.3 Å². The monoisotopic (exact) mass is 305 g/mol. The van der Waals surface area contributed by atoms with Gasteiger partial charge in [-0.25, -0.2) is 9.78 Å². The number of carboxylic acid groups (broad SMARTS) is 1. The maximum Gasteiger partial charge on any atom is 0.356 e. The fraction of sp³-hybridized carbons (Fsp3) is 0.0769. The first kappa shape index (κ1) is 14.7. The topological polar surface area (TPSA) is 122 Å². The van der Waals surface area contributed by atoms with Crippen LogP contribution in [0, 0.1) is 0 Å². The summed E-state index contributed by atoms with van der Waals surface area (Å²) in [6.45, 7) is 1.28. The van der Waals surface area contributed by atoms with Gasteiger partial charge in [-0.2, -0.15) is 0 Å². The third-order valence-corrected chi connectivity index (χ3v) is 3.62. The normalized spacial score (nSPS) is 10.1. The summed E-state index contributed by atoms with van der Waals surface area (Å²) in [6.07, 6.45) is 0. The molecule has 1 aromatic heterocycles. The number of anilines is 2. The molecule has 1 amide bonds. The fourth-order valence-corrected chi connectivity index (χ4v) is 2.50. The summed E-state index contributed by atoms with van der Waals surface area (Å²) in [5.41, 5.74) is 5.72. The predicted molar refractivity (Wildman–Crippen MR) is 77.3 cm³/mol. The zero-order valence-electron chi connectivity index (χ0n) is 10.9. The summed E-state index contributed by atoms with van der Waals surface area (Å²) < 4.78 is 0. The molecule has 0 bridgehead atoms. The highest BCUT2D eigenvalue weighted by Gasteiger charge is 2.20. The van der Waals surface area contributed by atoms with Gasteiger partial charge in [-0.3, -0.25) is 9.59 Å². The molecule has 2 rings (SSSR count). The zero-order chi connectivity index (χ0) is 15.6. The molecular formula is C13H11N3O4S. The Labute approximate surface area is 123 Å².